The second kappa shape index (κ2) is 11.1. The number of rotatable bonds is 8. The highest BCUT2D eigenvalue weighted by Crippen LogP contribution is 2.39. The third-order valence-corrected chi connectivity index (χ3v) is 8.66. The number of hydrogen-bond donors (Lipinski definition) is 1. The fraction of sp³-hybridized carbons (Fsp3) is 0.581. The summed E-state index contributed by atoms with van der Waals surface area (Å²) < 4.78 is 41.3. The van der Waals surface area contributed by atoms with Gasteiger partial charge in [-0.1, -0.05) is 44.2 Å². The maximum absolute atomic E-state index is 13.8. The van der Waals surface area contributed by atoms with Gasteiger partial charge in [0.1, 0.15) is 0 Å². The zero-order chi connectivity index (χ0) is 27.8. The van der Waals surface area contributed by atoms with Crippen molar-refractivity contribution >= 4 is 11.6 Å². The number of amides is 1. The number of benzene rings is 2. The van der Waals surface area contributed by atoms with Crippen LogP contribution in [0, 0.1) is 5.92 Å². The molecule has 1 saturated heterocycles. The van der Waals surface area contributed by atoms with E-state index < -0.39 is 11.7 Å². The summed E-state index contributed by atoms with van der Waals surface area (Å²) >= 11 is 0. The first-order valence-corrected chi connectivity index (χ1v) is 14.2. The molecule has 212 valence electrons. The molecule has 0 aromatic heterocycles. The maximum Gasteiger partial charge on any atom is 0.416 e. The Kier molecular flexibility index (Phi) is 7.98. The van der Waals surface area contributed by atoms with Crippen molar-refractivity contribution in [3.05, 3.63) is 64.7 Å². The third-order valence-electron chi connectivity index (χ3n) is 8.66. The van der Waals surface area contributed by atoms with Crippen LogP contribution in [-0.4, -0.2) is 66.4 Å². The molecule has 39 heavy (non-hydrogen) atoms. The molecule has 1 amide bonds. The van der Waals surface area contributed by atoms with Crippen LogP contribution in [0.3, 0.4) is 0 Å². The highest BCUT2D eigenvalue weighted by Gasteiger charge is 2.37. The van der Waals surface area contributed by atoms with Crippen molar-refractivity contribution in [2.24, 2.45) is 5.92 Å². The number of carbonyl (C=O) groups excluding carboxylic acids is 1. The van der Waals surface area contributed by atoms with E-state index in [1.165, 1.54) is 36.1 Å². The molecule has 2 aromatic rings. The van der Waals surface area contributed by atoms with Gasteiger partial charge in [0.25, 0.3) is 0 Å². The lowest BCUT2D eigenvalue weighted by Gasteiger charge is -2.41. The van der Waals surface area contributed by atoms with Gasteiger partial charge in [-0.15, -0.1) is 0 Å². The Labute approximate surface area is 230 Å². The fourth-order valence-electron chi connectivity index (χ4n) is 6.39. The van der Waals surface area contributed by atoms with E-state index in [9.17, 15) is 18.0 Å². The minimum atomic E-state index is -4.46. The summed E-state index contributed by atoms with van der Waals surface area (Å²) in [6, 6.07) is 11.8. The SMILES string of the molecule is CN1CCC(N(Cc2ccccc2C(F)(F)F)C(=O)CNc2cccc3c2CN(CC2CC2)CC3(C)C)CC1. The molecule has 1 saturated carbocycles. The molecule has 3 aliphatic rings. The molecule has 0 radical (unpaired) electrons. The monoisotopic (exact) mass is 542 g/mol. The average Bonchev–Trinajstić information content (AvgIpc) is 3.70. The van der Waals surface area contributed by atoms with Crippen LogP contribution in [0.2, 0.25) is 0 Å². The van der Waals surface area contributed by atoms with E-state index >= 15 is 0 Å². The molecule has 8 heteroatoms. The quantitative estimate of drug-likeness (QED) is 0.462. The van der Waals surface area contributed by atoms with Gasteiger partial charge in [0, 0.05) is 43.3 Å². The minimum Gasteiger partial charge on any atom is -0.376 e. The average molecular weight is 543 g/mol. The molecular formula is C31H41F3N4O. The van der Waals surface area contributed by atoms with Crippen LogP contribution >= 0.6 is 0 Å². The summed E-state index contributed by atoms with van der Waals surface area (Å²) in [6.07, 6.45) is -0.341. The summed E-state index contributed by atoms with van der Waals surface area (Å²) in [7, 11) is 2.04. The first kappa shape index (κ1) is 28.0. The van der Waals surface area contributed by atoms with Gasteiger partial charge in [0.2, 0.25) is 5.91 Å². The number of halogens is 3. The molecular weight excluding hydrogens is 501 g/mol. The van der Waals surface area contributed by atoms with Crippen molar-refractivity contribution < 1.29 is 18.0 Å². The number of hydrogen-bond acceptors (Lipinski definition) is 4. The highest BCUT2D eigenvalue weighted by atomic mass is 19.4. The second-order valence-corrected chi connectivity index (χ2v) is 12.4. The van der Waals surface area contributed by atoms with Gasteiger partial charge in [-0.05, 0) is 80.6 Å². The smallest absolute Gasteiger partial charge is 0.376 e. The Morgan fingerprint density at radius 3 is 2.46 bits per heavy atom. The molecule has 2 heterocycles. The number of nitrogens with one attached hydrogen (secondary N) is 1. The van der Waals surface area contributed by atoms with Crippen LogP contribution in [0.25, 0.3) is 0 Å². The van der Waals surface area contributed by atoms with E-state index in [2.05, 4.69) is 35.0 Å². The van der Waals surface area contributed by atoms with Crippen molar-refractivity contribution in [2.75, 3.05) is 45.1 Å². The van der Waals surface area contributed by atoms with Crippen molar-refractivity contribution in [3.63, 3.8) is 0 Å². The third kappa shape index (κ3) is 6.60. The molecule has 1 aliphatic carbocycles. The van der Waals surface area contributed by atoms with Crippen molar-refractivity contribution in [1.82, 2.24) is 14.7 Å². The number of nitrogens with zero attached hydrogens (tertiary/aromatic N) is 3. The lowest BCUT2D eigenvalue weighted by molar-refractivity contribution is -0.140. The number of likely N-dealkylation sites (tertiary alicyclic amines) is 1. The molecule has 0 atom stereocenters. The van der Waals surface area contributed by atoms with E-state index in [1.54, 1.807) is 11.0 Å². The van der Waals surface area contributed by atoms with Gasteiger partial charge in [0.05, 0.1) is 12.1 Å². The second-order valence-electron chi connectivity index (χ2n) is 12.4. The van der Waals surface area contributed by atoms with Crippen molar-refractivity contribution in [3.8, 4) is 0 Å². The normalized spacial score (nSPS) is 20.5. The van der Waals surface area contributed by atoms with Crippen LogP contribution in [0.1, 0.15) is 61.8 Å². The van der Waals surface area contributed by atoms with Crippen LogP contribution in [0.5, 0.6) is 0 Å². The summed E-state index contributed by atoms with van der Waals surface area (Å²) in [4.78, 5) is 20.2. The number of piperidine rings is 1. The van der Waals surface area contributed by atoms with Gasteiger partial charge in [-0.25, -0.2) is 0 Å². The first-order chi connectivity index (χ1) is 18.5. The molecule has 2 fully saturated rings. The Morgan fingerprint density at radius 2 is 1.77 bits per heavy atom. The lowest BCUT2D eigenvalue weighted by Crippen LogP contribution is -2.48. The summed E-state index contributed by atoms with van der Waals surface area (Å²) in [6.45, 7) is 9.19. The standard InChI is InChI=1S/C31H41F3N4O/c1-30(2)21-37(18-22-11-12-22)20-25-27(30)9-6-10-28(25)35-17-29(39)38(24-13-15-36(3)16-14-24)19-23-7-4-5-8-26(23)31(32,33)34/h4-10,22,24,35H,11-21H2,1-3H3. The first-order valence-electron chi connectivity index (χ1n) is 14.2. The number of fused-ring (bicyclic) bond motifs is 1. The van der Waals surface area contributed by atoms with Gasteiger partial charge >= 0.3 is 6.18 Å². The molecule has 2 aromatic carbocycles. The molecule has 1 N–H and O–H groups in total. The largest absolute Gasteiger partial charge is 0.416 e. The summed E-state index contributed by atoms with van der Waals surface area (Å²) in [5.74, 6) is 0.635. The topological polar surface area (TPSA) is 38.8 Å². The molecule has 5 nitrogen and oxygen atoms in total. The van der Waals surface area contributed by atoms with Gasteiger partial charge in [-0.3, -0.25) is 9.69 Å². The molecule has 0 bridgehead atoms. The fourth-order valence-corrected chi connectivity index (χ4v) is 6.39. The van der Waals surface area contributed by atoms with E-state index in [-0.39, 0.29) is 36.0 Å². The summed E-state index contributed by atoms with van der Waals surface area (Å²) in [5, 5.41) is 3.41. The van der Waals surface area contributed by atoms with Crippen LogP contribution < -0.4 is 5.32 Å². The molecule has 2 aliphatic heterocycles. The Hall–Kier alpha value is -2.58. The van der Waals surface area contributed by atoms with E-state index in [0.29, 0.717) is 0 Å². The number of alkyl halides is 3. The predicted molar refractivity (Wildman–Crippen MR) is 148 cm³/mol. The van der Waals surface area contributed by atoms with E-state index in [0.717, 1.165) is 63.2 Å². The van der Waals surface area contributed by atoms with E-state index in [4.69, 9.17) is 0 Å². The van der Waals surface area contributed by atoms with Gasteiger partial charge < -0.3 is 15.1 Å². The zero-order valence-electron chi connectivity index (χ0n) is 23.4. The van der Waals surface area contributed by atoms with Crippen molar-refractivity contribution in [1.29, 1.82) is 0 Å². The lowest BCUT2D eigenvalue weighted by atomic mass is 9.77. The Bertz CT molecular complexity index is 1170. The summed E-state index contributed by atoms with van der Waals surface area (Å²) in [5.41, 5.74) is 2.97. The number of anilines is 1. The zero-order valence-corrected chi connectivity index (χ0v) is 23.4. The predicted octanol–water partition coefficient (Wildman–Crippen LogP) is 5.74. The molecule has 0 unspecified atom stereocenters. The maximum atomic E-state index is 13.8. The molecule has 0 spiro atoms. The Balaban J connectivity index is 1.36. The van der Waals surface area contributed by atoms with Gasteiger partial charge in [0.15, 0.2) is 0 Å². The highest BCUT2D eigenvalue weighted by molar-refractivity contribution is 5.81. The van der Waals surface area contributed by atoms with Crippen LogP contribution in [-0.2, 0) is 29.5 Å². The molecule has 5 rings (SSSR count). The van der Waals surface area contributed by atoms with Crippen LogP contribution in [0.4, 0.5) is 18.9 Å². The number of carbonyl (C=O) groups is 1. The minimum absolute atomic E-state index is 0.00559. The van der Waals surface area contributed by atoms with E-state index in [1.807, 2.05) is 19.2 Å². The van der Waals surface area contributed by atoms with Crippen molar-refractivity contribution in [2.45, 2.75) is 70.3 Å². The van der Waals surface area contributed by atoms with Gasteiger partial charge in [-0.2, -0.15) is 13.2 Å². The Morgan fingerprint density at radius 1 is 1.05 bits per heavy atom. The van der Waals surface area contributed by atoms with Crippen LogP contribution in [0.15, 0.2) is 42.5 Å².